The summed E-state index contributed by atoms with van der Waals surface area (Å²) in [6, 6.07) is 8.22. The van der Waals surface area contributed by atoms with Crippen LogP contribution in [0.3, 0.4) is 0 Å². The minimum absolute atomic E-state index is 0.0746. The highest BCUT2D eigenvalue weighted by molar-refractivity contribution is 5.86. The van der Waals surface area contributed by atoms with Gasteiger partial charge in [0.1, 0.15) is 18.2 Å². The molecule has 0 unspecified atom stereocenters. The third-order valence-corrected chi connectivity index (χ3v) is 4.12. The Hall–Kier alpha value is -2.57. The van der Waals surface area contributed by atoms with Crippen molar-refractivity contribution in [2.45, 2.75) is 72.3 Å². The van der Waals surface area contributed by atoms with Gasteiger partial charge in [0.2, 0.25) is 5.60 Å². The van der Waals surface area contributed by atoms with Gasteiger partial charge in [0.05, 0.1) is 0 Å². The number of ether oxygens (including phenoxy) is 3. The summed E-state index contributed by atoms with van der Waals surface area (Å²) >= 11 is 0. The van der Waals surface area contributed by atoms with E-state index in [-0.39, 0.29) is 12.5 Å². The van der Waals surface area contributed by atoms with E-state index in [9.17, 15) is 14.4 Å². The van der Waals surface area contributed by atoms with Crippen LogP contribution in [0.1, 0.15) is 54.0 Å². The van der Waals surface area contributed by atoms with Gasteiger partial charge in [-0.1, -0.05) is 44.2 Å². The zero-order valence-electron chi connectivity index (χ0n) is 17.7. The molecular formula is C21H31NO6. The molecule has 28 heavy (non-hydrogen) atoms. The first-order valence-electron chi connectivity index (χ1n) is 9.28. The first kappa shape index (κ1) is 23.5. The minimum atomic E-state index is -1.49. The smallest absolute Gasteiger partial charge is 0.408 e. The number of hydrogen-bond donors (Lipinski definition) is 1. The second-order valence-electron chi connectivity index (χ2n) is 8.11. The first-order valence-corrected chi connectivity index (χ1v) is 9.28. The average Bonchev–Trinajstić information content (AvgIpc) is 2.58. The van der Waals surface area contributed by atoms with Crippen molar-refractivity contribution in [3.05, 3.63) is 35.9 Å². The monoisotopic (exact) mass is 393 g/mol. The van der Waals surface area contributed by atoms with Crippen LogP contribution in [-0.4, -0.2) is 35.3 Å². The van der Waals surface area contributed by atoms with Gasteiger partial charge >= 0.3 is 18.0 Å². The van der Waals surface area contributed by atoms with E-state index >= 15 is 0 Å². The molecule has 0 spiro atoms. The molecule has 0 fully saturated rings. The molecule has 0 saturated heterocycles. The summed E-state index contributed by atoms with van der Waals surface area (Å²) in [6.45, 7) is 11.7. The normalized spacial score (nSPS) is 14.6. The number of benzene rings is 1. The van der Waals surface area contributed by atoms with Crippen LogP contribution in [0, 0.1) is 5.92 Å². The lowest BCUT2D eigenvalue weighted by Gasteiger charge is -2.32. The van der Waals surface area contributed by atoms with Crippen molar-refractivity contribution in [3.63, 3.8) is 0 Å². The van der Waals surface area contributed by atoms with Crippen LogP contribution < -0.4 is 5.32 Å². The van der Waals surface area contributed by atoms with Gasteiger partial charge in [-0.3, -0.25) is 0 Å². The van der Waals surface area contributed by atoms with Crippen LogP contribution in [0.4, 0.5) is 4.79 Å². The summed E-state index contributed by atoms with van der Waals surface area (Å²) in [5, 5.41) is 2.41. The predicted octanol–water partition coefficient (Wildman–Crippen LogP) is 3.60. The van der Waals surface area contributed by atoms with Crippen LogP contribution >= 0.6 is 0 Å². The van der Waals surface area contributed by atoms with Crippen LogP contribution in [-0.2, 0) is 30.4 Å². The molecule has 0 heterocycles. The molecule has 0 aliphatic heterocycles. The van der Waals surface area contributed by atoms with Gasteiger partial charge < -0.3 is 19.5 Å². The molecule has 2 atom stereocenters. The Kier molecular flexibility index (Phi) is 8.02. The molecule has 1 aromatic carbocycles. The van der Waals surface area contributed by atoms with Crippen LogP contribution in [0.15, 0.2) is 30.3 Å². The molecule has 0 aromatic heterocycles. The number of rotatable bonds is 7. The van der Waals surface area contributed by atoms with E-state index in [2.05, 4.69) is 5.32 Å². The van der Waals surface area contributed by atoms with Crippen molar-refractivity contribution < 1.29 is 28.6 Å². The lowest BCUT2D eigenvalue weighted by Crippen LogP contribution is -2.50. The van der Waals surface area contributed by atoms with E-state index in [1.54, 1.807) is 34.6 Å². The summed E-state index contributed by atoms with van der Waals surface area (Å²) in [5.41, 5.74) is -1.36. The number of nitrogens with one attached hydrogen (secondary N) is 1. The average molecular weight is 393 g/mol. The van der Waals surface area contributed by atoms with E-state index < -0.39 is 35.3 Å². The van der Waals surface area contributed by atoms with Gasteiger partial charge in [-0.15, -0.1) is 0 Å². The van der Waals surface area contributed by atoms with E-state index in [1.165, 1.54) is 13.8 Å². The summed E-state index contributed by atoms with van der Waals surface area (Å²) < 4.78 is 15.9. The standard InChI is InChI=1S/C21H31NO6/c1-14(2)21(7,18(24)26-13-16-11-9-8-10-12-16)27-17(23)15(3)22-19(25)28-20(4,5)6/h8-12,14-15H,13H2,1-7H3,(H,22,25)/t15-,21-/m0/s1. The molecule has 0 aliphatic carbocycles. The van der Waals surface area contributed by atoms with Crippen molar-refractivity contribution in [3.8, 4) is 0 Å². The molecule has 0 radical (unpaired) electrons. The lowest BCUT2D eigenvalue weighted by molar-refractivity contribution is -0.188. The molecule has 1 rings (SSSR count). The van der Waals surface area contributed by atoms with Crippen molar-refractivity contribution in [1.29, 1.82) is 0 Å². The van der Waals surface area contributed by atoms with Crippen molar-refractivity contribution in [1.82, 2.24) is 5.32 Å². The maximum absolute atomic E-state index is 12.6. The number of hydrogen-bond acceptors (Lipinski definition) is 6. The van der Waals surface area contributed by atoms with Crippen molar-refractivity contribution in [2.24, 2.45) is 5.92 Å². The van der Waals surface area contributed by atoms with Crippen LogP contribution in [0.2, 0.25) is 0 Å². The summed E-state index contributed by atoms with van der Waals surface area (Å²) in [6.07, 6.45) is -0.741. The first-order chi connectivity index (χ1) is 12.8. The fraction of sp³-hybridized carbons (Fsp3) is 0.571. The molecule has 0 bridgehead atoms. The molecule has 1 aromatic rings. The molecule has 1 N–H and O–H groups in total. The van der Waals surface area contributed by atoms with Crippen LogP contribution in [0.5, 0.6) is 0 Å². The largest absolute Gasteiger partial charge is 0.458 e. The Morgan fingerprint density at radius 2 is 1.54 bits per heavy atom. The topological polar surface area (TPSA) is 90.9 Å². The predicted molar refractivity (Wildman–Crippen MR) is 104 cm³/mol. The fourth-order valence-electron chi connectivity index (χ4n) is 2.10. The Balaban J connectivity index is 2.73. The number of carbonyl (C=O) groups is 3. The molecule has 0 saturated carbocycles. The highest BCUT2D eigenvalue weighted by atomic mass is 16.6. The zero-order valence-corrected chi connectivity index (χ0v) is 17.7. The summed E-state index contributed by atoms with van der Waals surface area (Å²) in [7, 11) is 0. The summed E-state index contributed by atoms with van der Waals surface area (Å²) in [5.74, 6) is -1.74. The molecule has 7 nitrogen and oxygen atoms in total. The molecule has 7 heteroatoms. The minimum Gasteiger partial charge on any atom is -0.458 e. The van der Waals surface area contributed by atoms with Gasteiger partial charge in [0, 0.05) is 5.92 Å². The fourth-order valence-corrected chi connectivity index (χ4v) is 2.10. The second kappa shape index (κ2) is 9.57. The summed E-state index contributed by atoms with van der Waals surface area (Å²) in [4.78, 5) is 36.9. The van der Waals surface area contributed by atoms with E-state index in [1.807, 2.05) is 30.3 Å². The number of amides is 1. The van der Waals surface area contributed by atoms with Gasteiger partial charge in [-0.2, -0.15) is 0 Å². The van der Waals surface area contributed by atoms with E-state index in [4.69, 9.17) is 14.2 Å². The van der Waals surface area contributed by atoms with Gasteiger partial charge in [-0.25, -0.2) is 14.4 Å². The number of alkyl carbamates (subject to hydrolysis) is 1. The maximum atomic E-state index is 12.6. The number of esters is 2. The Morgan fingerprint density at radius 3 is 2.04 bits per heavy atom. The Morgan fingerprint density at radius 1 is 0.964 bits per heavy atom. The molecule has 1 amide bonds. The Bertz CT molecular complexity index is 680. The maximum Gasteiger partial charge on any atom is 0.408 e. The van der Waals surface area contributed by atoms with E-state index in [0.717, 1.165) is 5.56 Å². The molecular weight excluding hydrogens is 362 g/mol. The highest BCUT2D eigenvalue weighted by Gasteiger charge is 2.43. The molecule has 156 valence electrons. The number of carbonyl (C=O) groups excluding carboxylic acids is 3. The van der Waals surface area contributed by atoms with Crippen molar-refractivity contribution >= 4 is 18.0 Å². The van der Waals surface area contributed by atoms with Crippen molar-refractivity contribution in [2.75, 3.05) is 0 Å². The third kappa shape index (κ3) is 7.21. The third-order valence-electron chi connectivity index (χ3n) is 4.12. The molecule has 0 aliphatic rings. The Labute approximate surface area is 166 Å². The van der Waals surface area contributed by atoms with E-state index in [0.29, 0.717) is 0 Å². The second-order valence-corrected chi connectivity index (χ2v) is 8.11. The van der Waals surface area contributed by atoms with Gasteiger partial charge in [-0.05, 0) is 40.2 Å². The highest BCUT2D eigenvalue weighted by Crippen LogP contribution is 2.25. The van der Waals surface area contributed by atoms with Gasteiger partial charge in [0.25, 0.3) is 0 Å². The lowest BCUT2D eigenvalue weighted by atomic mass is 9.92. The SMILES string of the molecule is CC(C)[C@](C)(OC(=O)[C@H](C)NC(=O)OC(C)(C)C)C(=O)OCc1ccccc1. The quantitative estimate of drug-likeness (QED) is 0.562. The van der Waals surface area contributed by atoms with Crippen LogP contribution in [0.25, 0.3) is 0 Å². The van der Waals surface area contributed by atoms with Gasteiger partial charge in [0.15, 0.2) is 0 Å². The zero-order chi connectivity index (χ0) is 21.5.